The third-order valence-corrected chi connectivity index (χ3v) is 10.6. The number of amides is 2. The van der Waals surface area contributed by atoms with Crippen molar-refractivity contribution < 1.29 is 13.2 Å². The Kier molecular flexibility index (Phi) is 5.64. The molecule has 3 aromatic rings. The summed E-state index contributed by atoms with van der Waals surface area (Å²) in [6.45, 7) is 7.10. The fourth-order valence-corrected chi connectivity index (χ4v) is 7.62. The number of hydrogen-bond donors (Lipinski definition) is 1. The number of sulfone groups is 1. The number of anilines is 1. The molecule has 2 aromatic carbocycles. The summed E-state index contributed by atoms with van der Waals surface area (Å²) in [5.74, 6) is 0.304. The van der Waals surface area contributed by atoms with E-state index in [1.54, 1.807) is 7.05 Å². The number of carbonyl (C=O) groups is 1. The normalized spacial score (nSPS) is 21.2. The van der Waals surface area contributed by atoms with E-state index in [-0.39, 0.29) is 12.1 Å². The largest absolute Gasteiger partial charge is 0.368 e. The van der Waals surface area contributed by atoms with E-state index in [1.807, 2.05) is 55.8 Å². The molecule has 2 amide bonds. The number of aromatic nitrogens is 2. The lowest BCUT2D eigenvalue weighted by Crippen LogP contribution is -2.72. The lowest BCUT2D eigenvalue weighted by molar-refractivity contribution is 0.184. The number of hydrogen-bond acceptors (Lipinski definition) is 6. The summed E-state index contributed by atoms with van der Waals surface area (Å²) in [6, 6.07) is 16.0. The van der Waals surface area contributed by atoms with E-state index >= 15 is 0 Å². The quantitative estimate of drug-likeness (QED) is 0.559. The van der Waals surface area contributed by atoms with Gasteiger partial charge in [-0.1, -0.05) is 18.2 Å². The van der Waals surface area contributed by atoms with Gasteiger partial charge in [-0.2, -0.15) is 10.2 Å². The molecule has 38 heavy (non-hydrogen) atoms. The Morgan fingerprint density at radius 2 is 1.76 bits per heavy atom. The van der Waals surface area contributed by atoms with E-state index in [2.05, 4.69) is 33.5 Å². The van der Waals surface area contributed by atoms with Crippen LogP contribution in [0, 0.1) is 13.8 Å². The van der Waals surface area contributed by atoms with Gasteiger partial charge in [0, 0.05) is 42.6 Å². The highest BCUT2D eigenvalue weighted by atomic mass is 32.2. The smallest absolute Gasteiger partial charge is 0.337 e. The van der Waals surface area contributed by atoms with Gasteiger partial charge in [0.05, 0.1) is 28.9 Å². The van der Waals surface area contributed by atoms with Gasteiger partial charge in [-0.3, -0.25) is 0 Å². The van der Waals surface area contributed by atoms with Gasteiger partial charge in [0.15, 0.2) is 9.84 Å². The van der Waals surface area contributed by atoms with Crippen LogP contribution in [0.4, 0.5) is 10.5 Å². The zero-order chi connectivity index (χ0) is 26.8. The Morgan fingerprint density at radius 3 is 2.34 bits per heavy atom. The molecule has 0 unspecified atom stereocenters. The van der Waals surface area contributed by atoms with Crippen LogP contribution in [0.2, 0.25) is 0 Å². The molecule has 0 bridgehead atoms. The third kappa shape index (κ3) is 3.81. The maximum absolute atomic E-state index is 12.8. The first-order valence-corrected chi connectivity index (χ1v) is 14.6. The Balaban J connectivity index is 1.39. The highest BCUT2D eigenvalue weighted by Crippen LogP contribution is 2.43. The molecule has 1 spiro atoms. The number of nitrogens with zero attached hydrogens (tertiary/aromatic N) is 5. The van der Waals surface area contributed by atoms with Gasteiger partial charge >= 0.3 is 6.03 Å². The minimum atomic E-state index is -2.95. The molecule has 0 saturated carbocycles. The number of hydrazone groups is 1. The van der Waals surface area contributed by atoms with Crippen LogP contribution in [0.25, 0.3) is 5.69 Å². The van der Waals surface area contributed by atoms with Gasteiger partial charge in [-0.25, -0.2) is 22.9 Å². The van der Waals surface area contributed by atoms with Crippen LogP contribution >= 0.6 is 0 Å². The monoisotopic (exact) mass is 532 g/mol. The van der Waals surface area contributed by atoms with Gasteiger partial charge in [0.1, 0.15) is 4.75 Å². The summed E-state index contributed by atoms with van der Waals surface area (Å²) in [5.41, 5.74) is 7.58. The van der Waals surface area contributed by atoms with E-state index < -0.39 is 14.6 Å². The molecule has 3 aliphatic heterocycles. The zero-order valence-electron chi connectivity index (χ0n) is 22.1. The van der Waals surface area contributed by atoms with Gasteiger partial charge in [-0.15, -0.1) is 0 Å². The Bertz CT molecular complexity index is 1570. The zero-order valence-corrected chi connectivity index (χ0v) is 22.9. The van der Waals surface area contributed by atoms with Crippen molar-refractivity contribution >= 4 is 27.3 Å². The second-order valence-electron chi connectivity index (χ2n) is 10.7. The van der Waals surface area contributed by atoms with Crippen LogP contribution in [0.3, 0.4) is 0 Å². The summed E-state index contributed by atoms with van der Waals surface area (Å²) < 4.78 is 25.8. The van der Waals surface area contributed by atoms with Crippen LogP contribution in [0.1, 0.15) is 41.4 Å². The number of nitrogens with one attached hydrogen (secondary N) is 1. The lowest BCUT2D eigenvalue weighted by Gasteiger charge is -2.55. The van der Waals surface area contributed by atoms with Crippen molar-refractivity contribution in [2.45, 2.75) is 44.4 Å². The van der Waals surface area contributed by atoms with Crippen molar-refractivity contribution in [1.82, 2.24) is 20.1 Å². The van der Waals surface area contributed by atoms with Crippen LogP contribution in [0.15, 0.2) is 53.6 Å². The van der Waals surface area contributed by atoms with Crippen LogP contribution in [-0.4, -0.2) is 71.6 Å². The second-order valence-corrected chi connectivity index (χ2v) is 13.2. The molecule has 0 aliphatic carbocycles. The van der Waals surface area contributed by atoms with Gasteiger partial charge in [0.2, 0.25) is 0 Å². The van der Waals surface area contributed by atoms with Gasteiger partial charge in [-0.05, 0) is 69.5 Å². The Labute approximate surface area is 223 Å². The number of fused-ring (bicyclic) bond motifs is 1. The van der Waals surface area contributed by atoms with Crippen molar-refractivity contribution in [1.29, 1.82) is 0 Å². The summed E-state index contributed by atoms with van der Waals surface area (Å²) in [6.07, 6.45) is 1.41. The van der Waals surface area contributed by atoms with Crippen molar-refractivity contribution in [2.75, 3.05) is 30.8 Å². The number of benzene rings is 2. The fourth-order valence-electron chi connectivity index (χ4n) is 5.80. The molecule has 9 nitrogen and oxygen atoms in total. The molecule has 2 saturated heterocycles. The van der Waals surface area contributed by atoms with Gasteiger partial charge < -0.3 is 10.2 Å². The highest BCUT2D eigenvalue weighted by Gasteiger charge is 2.59. The first-order valence-electron chi connectivity index (χ1n) is 12.9. The molecule has 4 heterocycles. The van der Waals surface area contributed by atoms with Crippen LogP contribution in [0.5, 0.6) is 0 Å². The van der Waals surface area contributed by atoms with E-state index in [0.717, 1.165) is 45.9 Å². The molecule has 6 rings (SSSR count). The molecule has 1 N–H and O–H groups in total. The maximum atomic E-state index is 12.8. The highest BCUT2D eigenvalue weighted by molar-refractivity contribution is 7.94. The number of aryl methyl sites for hydroxylation is 2. The van der Waals surface area contributed by atoms with E-state index in [4.69, 9.17) is 5.10 Å². The fraction of sp³-hybridized carbons (Fsp3) is 0.393. The third-order valence-electron chi connectivity index (χ3n) is 8.12. The van der Waals surface area contributed by atoms with Crippen molar-refractivity contribution in [2.24, 2.45) is 5.10 Å². The minimum Gasteiger partial charge on any atom is -0.368 e. The van der Waals surface area contributed by atoms with E-state index in [9.17, 15) is 13.2 Å². The van der Waals surface area contributed by atoms with Crippen LogP contribution in [-0.2, 0) is 16.3 Å². The lowest BCUT2D eigenvalue weighted by atomic mass is 9.92. The SMILES string of the molecule is CNC(=O)N1N=C(c2ccc(N3CC4(CCS4(=O)=O)C3)cc2)c2cc(-n3nc(C)cc3C)ccc2C[C@H]1C. The minimum absolute atomic E-state index is 0.133. The molecule has 0 radical (unpaired) electrons. The first kappa shape index (κ1) is 24.7. The standard InChI is InChI=1S/C28H32N6O3S/c1-18-13-19(2)33(30-18)24-10-7-22-14-20(3)34(27(35)29-4)31-26(25(22)15-24)21-5-8-23(9-6-21)32-16-28(17-32)11-12-38(28,36)37/h5-10,13,15,20H,11-12,14,16-17H2,1-4H3,(H,29,35)/t20-/m1/s1. The average molecular weight is 533 g/mol. The maximum Gasteiger partial charge on any atom is 0.337 e. The molecule has 1 atom stereocenters. The van der Waals surface area contributed by atoms with Crippen molar-refractivity contribution in [3.63, 3.8) is 0 Å². The van der Waals surface area contributed by atoms with Crippen LogP contribution < -0.4 is 10.2 Å². The van der Waals surface area contributed by atoms with Gasteiger partial charge in [0.25, 0.3) is 0 Å². The predicted octanol–water partition coefficient (Wildman–Crippen LogP) is 3.20. The first-order chi connectivity index (χ1) is 18.1. The average Bonchev–Trinajstić information content (AvgIpc) is 3.13. The molecular formula is C28H32N6O3S. The summed E-state index contributed by atoms with van der Waals surface area (Å²) in [4.78, 5) is 14.9. The molecule has 2 fully saturated rings. The second kappa shape index (κ2) is 8.69. The molecular weight excluding hydrogens is 500 g/mol. The molecule has 198 valence electrons. The topological polar surface area (TPSA) is 99.9 Å². The Hall–Kier alpha value is -3.66. The number of urea groups is 1. The molecule has 3 aliphatic rings. The van der Waals surface area contributed by atoms with E-state index in [1.165, 1.54) is 5.01 Å². The number of rotatable bonds is 3. The Morgan fingerprint density at radius 1 is 1.05 bits per heavy atom. The van der Waals surface area contributed by atoms with Crippen molar-refractivity contribution in [3.05, 3.63) is 76.6 Å². The summed E-state index contributed by atoms with van der Waals surface area (Å²) >= 11 is 0. The molecule has 1 aromatic heterocycles. The van der Waals surface area contributed by atoms with Crippen molar-refractivity contribution in [3.8, 4) is 5.69 Å². The van der Waals surface area contributed by atoms with E-state index in [0.29, 0.717) is 31.0 Å². The summed E-state index contributed by atoms with van der Waals surface area (Å²) in [5, 5.41) is 13.8. The predicted molar refractivity (Wildman–Crippen MR) is 148 cm³/mol. The summed E-state index contributed by atoms with van der Waals surface area (Å²) in [7, 11) is -1.34. The number of carbonyl (C=O) groups excluding carboxylic acids is 1. The molecule has 10 heteroatoms.